The Kier molecular flexibility index (Phi) is 4.97. The second kappa shape index (κ2) is 6.08. The molecule has 0 aromatic heterocycles. The molecule has 1 aliphatic rings. The predicted molar refractivity (Wildman–Crippen MR) is 75.2 cm³/mol. The van der Waals surface area contributed by atoms with Crippen molar-refractivity contribution in [3.63, 3.8) is 0 Å². The van der Waals surface area contributed by atoms with Crippen LogP contribution in [-0.4, -0.2) is 42.8 Å². The zero-order chi connectivity index (χ0) is 14.6. The normalized spacial score (nSPS) is 23.6. The van der Waals surface area contributed by atoms with Crippen molar-refractivity contribution in [3.8, 4) is 0 Å². The monoisotopic (exact) mass is 268 g/mol. The van der Waals surface area contributed by atoms with E-state index in [9.17, 15) is 4.79 Å². The van der Waals surface area contributed by atoms with Crippen LogP contribution in [0.25, 0.3) is 0 Å². The average molecular weight is 268 g/mol. The van der Waals surface area contributed by atoms with Crippen LogP contribution in [0.2, 0.25) is 0 Å². The SMILES string of the molecule is C=CCOC(=O)N1[C@H](C(C)(C)C)N=C(OC)C[C@@H]1C. The molecule has 19 heavy (non-hydrogen) atoms. The highest BCUT2D eigenvalue weighted by Gasteiger charge is 2.40. The van der Waals surface area contributed by atoms with Crippen LogP contribution in [0.1, 0.15) is 34.1 Å². The van der Waals surface area contributed by atoms with Crippen LogP contribution in [0.4, 0.5) is 4.79 Å². The van der Waals surface area contributed by atoms with E-state index in [1.165, 1.54) is 0 Å². The van der Waals surface area contributed by atoms with E-state index in [0.717, 1.165) is 0 Å². The van der Waals surface area contributed by atoms with Crippen LogP contribution in [0, 0.1) is 5.41 Å². The summed E-state index contributed by atoms with van der Waals surface area (Å²) in [6, 6.07) is -0.00556. The van der Waals surface area contributed by atoms with E-state index < -0.39 is 0 Å². The van der Waals surface area contributed by atoms with Gasteiger partial charge in [-0.05, 0) is 6.92 Å². The van der Waals surface area contributed by atoms with Crippen molar-refractivity contribution in [1.82, 2.24) is 4.90 Å². The molecule has 0 spiro atoms. The van der Waals surface area contributed by atoms with E-state index in [1.54, 1.807) is 18.1 Å². The highest BCUT2D eigenvalue weighted by atomic mass is 16.6. The van der Waals surface area contributed by atoms with Gasteiger partial charge in [-0.2, -0.15) is 0 Å². The highest BCUT2D eigenvalue weighted by Crippen LogP contribution is 2.31. The molecule has 0 aromatic carbocycles. The number of nitrogens with zero attached hydrogens (tertiary/aromatic N) is 2. The van der Waals surface area contributed by atoms with Gasteiger partial charge >= 0.3 is 6.09 Å². The lowest BCUT2D eigenvalue weighted by Gasteiger charge is -2.43. The summed E-state index contributed by atoms with van der Waals surface area (Å²) >= 11 is 0. The molecule has 0 aromatic rings. The topological polar surface area (TPSA) is 51.1 Å². The summed E-state index contributed by atoms with van der Waals surface area (Å²) in [5.41, 5.74) is -0.189. The molecule has 1 heterocycles. The largest absolute Gasteiger partial charge is 0.484 e. The summed E-state index contributed by atoms with van der Waals surface area (Å²) in [5.74, 6) is 0.681. The van der Waals surface area contributed by atoms with Gasteiger partial charge in [-0.1, -0.05) is 33.4 Å². The lowest BCUT2D eigenvalue weighted by molar-refractivity contribution is 0.0380. The van der Waals surface area contributed by atoms with Gasteiger partial charge in [-0.25, -0.2) is 9.79 Å². The fraction of sp³-hybridized carbons (Fsp3) is 0.714. The van der Waals surface area contributed by atoms with Crippen LogP contribution < -0.4 is 0 Å². The Morgan fingerprint density at radius 2 is 2.21 bits per heavy atom. The van der Waals surface area contributed by atoms with Crippen LogP contribution in [0.3, 0.4) is 0 Å². The molecule has 1 rings (SSSR count). The van der Waals surface area contributed by atoms with Gasteiger partial charge in [-0.3, -0.25) is 4.90 Å². The van der Waals surface area contributed by atoms with Gasteiger partial charge in [0.15, 0.2) is 5.90 Å². The molecule has 0 radical (unpaired) electrons. The number of ether oxygens (including phenoxy) is 2. The lowest BCUT2D eigenvalue weighted by Crippen LogP contribution is -2.54. The number of methoxy groups -OCH3 is 1. The third-order valence-corrected chi connectivity index (χ3v) is 3.02. The lowest BCUT2D eigenvalue weighted by atomic mass is 9.89. The van der Waals surface area contributed by atoms with E-state index >= 15 is 0 Å². The number of rotatable bonds is 2. The van der Waals surface area contributed by atoms with E-state index in [4.69, 9.17) is 9.47 Å². The number of carbonyl (C=O) groups excluding carboxylic acids is 1. The molecule has 1 amide bonds. The third kappa shape index (κ3) is 3.72. The summed E-state index contributed by atoms with van der Waals surface area (Å²) in [7, 11) is 1.61. The summed E-state index contributed by atoms with van der Waals surface area (Å²) in [4.78, 5) is 18.4. The standard InChI is InChI=1S/C14H24N2O3/c1-7-8-19-13(17)16-10(2)9-11(18-6)15-12(16)14(3,4)5/h7,10,12H,1,8-9H2,2-6H3/t10-,12+/m0/s1. The molecular formula is C14H24N2O3. The molecule has 0 bridgehead atoms. The molecule has 108 valence electrons. The predicted octanol–water partition coefficient (Wildman–Crippen LogP) is 2.82. The molecule has 0 saturated heterocycles. The number of aliphatic imine (C=N–C) groups is 1. The highest BCUT2D eigenvalue weighted by molar-refractivity contribution is 5.80. The Labute approximate surface area is 115 Å². The Morgan fingerprint density at radius 1 is 1.58 bits per heavy atom. The average Bonchev–Trinajstić information content (AvgIpc) is 2.33. The zero-order valence-electron chi connectivity index (χ0n) is 12.5. The number of carbonyl (C=O) groups is 1. The fourth-order valence-corrected chi connectivity index (χ4v) is 2.07. The van der Waals surface area contributed by atoms with Gasteiger partial charge < -0.3 is 9.47 Å². The van der Waals surface area contributed by atoms with E-state index in [1.807, 2.05) is 27.7 Å². The minimum atomic E-state index is -0.355. The van der Waals surface area contributed by atoms with Crippen molar-refractivity contribution in [2.24, 2.45) is 10.4 Å². The maximum absolute atomic E-state index is 12.2. The van der Waals surface area contributed by atoms with E-state index in [-0.39, 0.29) is 30.3 Å². The molecule has 5 heteroatoms. The minimum Gasteiger partial charge on any atom is -0.484 e. The maximum atomic E-state index is 12.2. The van der Waals surface area contributed by atoms with Crippen molar-refractivity contribution in [2.45, 2.75) is 46.3 Å². The van der Waals surface area contributed by atoms with Crippen LogP contribution in [0.15, 0.2) is 17.6 Å². The first-order valence-electron chi connectivity index (χ1n) is 6.48. The molecule has 2 atom stereocenters. The van der Waals surface area contributed by atoms with Crippen molar-refractivity contribution in [1.29, 1.82) is 0 Å². The van der Waals surface area contributed by atoms with Gasteiger partial charge in [0.05, 0.1) is 7.11 Å². The smallest absolute Gasteiger partial charge is 0.412 e. The number of hydrogen-bond donors (Lipinski definition) is 0. The van der Waals surface area contributed by atoms with Crippen molar-refractivity contribution in [2.75, 3.05) is 13.7 Å². The van der Waals surface area contributed by atoms with Gasteiger partial charge in [0, 0.05) is 17.9 Å². The molecular weight excluding hydrogens is 244 g/mol. The molecule has 0 saturated carbocycles. The maximum Gasteiger partial charge on any atom is 0.412 e. The first kappa shape index (κ1) is 15.5. The van der Waals surface area contributed by atoms with Crippen molar-refractivity contribution in [3.05, 3.63) is 12.7 Å². The second-order valence-electron chi connectivity index (χ2n) is 5.79. The van der Waals surface area contributed by atoms with Gasteiger partial charge in [0.1, 0.15) is 12.8 Å². The molecule has 0 fully saturated rings. The Bertz CT molecular complexity index is 371. The first-order chi connectivity index (χ1) is 8.81. The number of amides is 1. The molecule has 0 unspecified atom stereocenters. The van der Waals surface area contributed by atoms with Crippen molar-refractivity contribution < 1.29 is 14.3 Å². The quantitative estimate of drug-likeness (QED) is 0.724. The van der Waals surface area contributed by atoms with E-state index in [2.05, 4.69) is 11.6 Å². The summed E-state index contributed by atoms with van der Waals surface area (Å²) in [6.07, 6.45) is 1.52. The fourth-order valence-electron chi connectivity index (χ4n) is 2.07. The summed E-state index contributed by atoms with van der Waals surface area (Å²) in [5, 5.41) is 0. The third-order valence-electron chi connectivity index (χ3n) is 3.02. The second-order valence-corrected chi connectivity index (χ2v) is 5.79. The van der Waals surface area contributed by atoms with Gasteiger partial charge in [-0.15, -0.1) is 0 Å². The zero-order valence-corrected chi connectivity index (χ0v) is 12.5. The first-order valence-corrected chi connectivity index (χ1v) is 6.48. The van der Waals surface area contributed by atoms with Gasteiger partial charge in [0.25, 0.3) is 0 Å². The Balaban J connectivity index is 3.01. The van der Waals surface area contributed by atoms with E-state index in [0.29, 0.717) is 12.3 Å². The van der Waals surface area contributed by atoms with Crippen LogP contribution in [0.5, 0.6) is 0 Å². The number of hydrogen-bond acceptors (Lipinski definition) is 4. The molecule has 5 nitrogen and oxygen atoms in total. The molecule has 1 aliphatic heterocycles. The summed E-state index contributed by atoms with van der Waals surface area (Å²) < 4.78 is 10.4. The van der Waals surface area contributed by atoms with Crippen molar-refractivity contribution >= 4 is 12.0 Å². The Morgan fingerprint density at radius 3 is 2.68 bits per heavy atom. The molecule has 0 N–H and O–H groups in total. The molecule has 0 aliphatic carbocycles. The summed E-state index contributed by atoms with van der Waals surface area (Å²) in [6.45, 7) is 11.9. The van der Waals surface area contributed by atoms with Gasteiger partial charge in [0.2, 0.25) is 0 Å². The Hall–Kier alpha value is -1.52. The van der Waals surface area contributed by atoms with Crippen LogP contribution >= 0.6 is 0 Å². The minimum absolute atomic E-state index is 0.00556. The van der Waals surface area contributed by atoms with Crippen LogP contribution in [-0.2, 0) is 9.47 Å².